The maximum absolute atomic E-state index is 12.9. The van der Waals surface area contributed by atoms with Gasteiger partial charge in [0.05, 0.1) is 23.5 Å². The molecule has 0 radical (unpaired) electrons. The van der Waals surface area contributed by atoms with Crippen LogP contribution in [0.2, 0.25) is 0 Å². The van der Waals surface area contributed by atoms with Gasteiger partial charge >= 0.3 is 0 Å². The van der Waals surface area contributed by atoms with Crippen molar-refractivity contribution in [1.82, 2.24) is 30.0 Å². The molecule has 0 spiro atoms. The van der Waals surface area contributed by atoms with Crippen molar-refractivity contribution in [3.63, 3.8) is 0 Å². The van der Waals surface area contributed by atoms with Gasteiger partial charge in [-0.3, -0.25) is 9.48 Å². The molecular weight excluding hydrogens is 364 g/mol. The zero-order valence-corrected chi connectivity index (χ0v) is 18.0. The predicted molar refractivity (Wildman–Crippen MR) is 112 cm³/mol. The molecule has 29 heavy (non-hydrogen) atoms. The summed E-state index contributed by atoms with van der Waals surface area (Å²) >= 11 is 0. The number of amides is 1. The van der Waals surface area contributed by atoms with Gasteiger partial charge in [-0.05, 0) is 52.6 Å². The van der Waals surface area contributed by atoms with Gasteiger partial charge in [0.15, 0.2) is 0 Å². The predicted octanol–water partition coefficient (Wildman–Crippen LogP) is 2.95. The fourth-order valence-corrected chi connectivity index (χ4v) is 4.43. The first-order valence-corrected chi connectivity index (χ1v) is 10.8. The Hall–Kier alpha value is -2.28. The molecule has 1 amide bonds. The zero-order valence-electron chi connectivity index (χ0n) is 18.0. The molecule has 4 heterocycles. The Kier molecular flexibility index (Phi) is 5.67. The molecule has 4 rings (SSSR count). The zero-order chi connectivity index (χ0) is 20.5. The van der Waals surface area contributed by atoms with Gasteiger partial charge in [-0.25, -0.2) is 9.97 Å². The van der Waals surface area contributed by atoms with Crippen molar-refractivity contribution in [2.45, 2.75) is 78.4 Å². The van der Waals surface area contributed by atoms with Gasteiger partial charge in [0.25, 0.3) is 0 Å². The van der Waals surface area contributed by atoms with Crippen LogP contribution in [0.15, 0.2) is 6.20 Å². The van der Waals surface area contributed by atoms with Crippen LogP contribution in [0.3, 0.4) is 0 Å². The standard InChI is InChI=1S/C22H32N6O/c1-14(28-17(4)15(2)16(3)26-28)11-21(29)27-10-8-19-18(13-27)12-24-22(25-19)20-7-5-6-9-23-20/h12,14,20,23H,5-11,13H2,1-4H3/t14-,20-/m1/s1. The minimum atomic E-state index is 0.0484. The topological polar surface area (TPSA) is 75.9 Å². The number of carbonyl (C=O) groups excluding carboxylic acids is 1. The van der Waals surface area contributed by atoms with E-state index in [0.29, 0.717) is 13.0 Å². The summed E-state index contributed by atoms with van der Waals surface area (Å²) in [5.74, 6) is 1.09. The molecule has 7 heteroatoms. The second-order valence-electron chi connectivity index (χ2n) is 8.56. The van der Waals surface area contributed by atoms with Crippen LogP contribution in [0.1, 0.15) is 78.7 Å². The van der Waals surface area contributed by atoms with Crippen LogP contribution in [0.5, 0.6) is 0 Å². The second kappa shape index (κ2) is 8.22. The lowest BCUT2D eigenvalue weighted by atomic mass is 10.0. The van der Waals surface area contributed by atoms with Crippen LogP contribution < -0.4 is 5.32 Å². The van der Waals surface area contributed by atoms with E-state index in [1.165, 1.54) is 18.4 Å². The Morgan fingerprint density at radius 2 is 2.14 bits per heavy atom. The van der Waals surface area contributed by atoms with Gasteiger partial charge in [0, 0.05) is 43.4 Å². The van der Waals surface area contributed by atoms with E-state index >= 15 is 0 Å². The van der Waals surface area contributed by atoms with Crippen molar-refractivity contribution in [3.05, 3.63) is 40.2 Å². The van der Waals surface area contributed by atoms with Crippen LogP contribution in [-0.4, -0.2) is 43.6 Å². The molecule has 0 aliphatic carbocycles. The van der Waals surface area contributed by atoms with Gasteiger partial charge in [0.1, 0.15) is 5.82 Å². The third-order valence-corrected chi connectivity index (χ3v) is 6.50. The van der Waals surface area contributed by atoms with Crippen molar-refractivity contribution >= 4 is 5.91 Å². The fraction of sp³-hybridized carbons (Fsp3) is 0.636. The number of nitrogens with zero attached hydrogens (tertiary/aromatic N) is 5. The fourth-order valence-electron chi connectivity index (χ4n) is 4.43. The van der Waals surface area contributed by atoms with Gasteiger partial charge < -0.3 is 10.2 Å². The van der Waals surface area contributed by atoms with E-state index in [-0.39, 0.29) is 18.0 Å². The van der Waals surface area contributed by atoms with E-state index in [2.05, 4.69) is 36.2 Å². The molecule has 2 aromatic rings. The number of hydrogen-bond donors (Lipinski definition) is 1. The number of nitrogens with one attached hydrogen (secondary N) is 1. The number of hydrogen-bond acceptors (Lipinski definition) is 5. The monoisotopic (exact) mass is 396 g/mol. The Labute approximate surface area is 172 Å². The first kappa shape index (κ1) is 20.0. The van der Waals surface area contributed by atoms with Crippen LogP contribution in [-0.2, 0) is 17.8 Å². The lowest BCUT2D eigenvalue weighted by Crippen LogP contribution is -2.38. The Morgan fingerprint density at radius 3 is 2.83 bits per heavy atom. The Morgan fingerprint density at radius 1 is 1.31 bits per heavy atom. The highest BCUT2D eigenvalue weighted by Gasteiger charge is 2.26. The number of aryl methyl sites for hydroxylation is 1. The second-order valence-corrected chi connectivity index (χ2v) is 8.56. The summed E-state index contributed by atoms with van der Waals surface area (Å²) in [4.78, 5) is 24.3. The number of carbonyl (C=O) groups is 1. The summed E-state index contributed by atoms with van der Waals surface area (Å²) in [6, 6.07) is 0.325. The average Bonchev–Trinajstić information content (AvgIpc) is 3.01. The number of piperidine rings is 1. The highest BCUT2D eigenvalue weighted by atomic mass is 16.2. The van der Waals surface area contributed by atoms with Gasteiger partial charge in [-0.1, -0.05) is 6.42 Å². The SMILES string of the molecule is Cc1nn([C@H](C)CC(=O)N2CCc3nc([C@H]4CCCCN4)ncc3C2)c(C)c1C. The Bertz CT molecular complexity index is 899. The number of rotatable bonds is 4. The lowest BCUT2D eigenvalue weighted by molar-refractivity contribution is -0.133. The van der Waals surface area contributed by atoms with E-state index in [4.69, 9.17) is 4.98 Å². The summed E-state index contributed by atoms with van der Waals surface area (Å²) in [5.41, 5.74) is 5.57. The molecule has 1 N–H and O–H groups in total. The molecular formula is C22H32N6O. The molecule has 2 atom stereocenters. The molecule has 0 unspecified atom stereocenters. The molecule has 1 fully saturated rings. The molecule has 2 aliphatic rings. The third-order valence-electron chi connectivity index (χ3n) is 6.50. The van der Waals surface area contributed by atoms with E-state index in [9.17, 15) is 4.79 Å². The maximum Gasteiger partial charge on any atom is 0.225 e. The minimum Gasteiger partial charge on any atom is -0.338 e. The van der Waals surface area contributed by atoms with Crippen molar-refractivity contribution < 1.29 is 4.79 Å². The quantitative estimate of drug-likeness (QED) is 0.860. The smallest absolute Gasteiger partial charge is 0.225 e. The molecule has 7 nitrogen and oxygen atoms in total. The normalized spacial score (nSPS) is 20.4. The van der Waals surface area contributed by atoms with Crippen LogP contribution in [0.25, 0.3) is 0 Å². The van der Waals surface area contributed by atoms with Gasteiger partial charge in [-0.2, -0.15) is 5.10 Å². The maximum atomic E-state index is 12.9. The highest BCUT2D eigenvalue weighted by Crippen LogP contribution is 2.25. The third kappa shape index (κ3) is 4.06. The molecule has 2 aromatic heterocycles. The largest absolute Gasteiger partial charge is 0.338 e. The highest BCUT2D eigenvalue weighted by molar-refractivity contribution is 5.77. The van der Waals surface area contributed by atoms with Crippen molar-refractivity contribution in [3.8, 4) is 0 Å². The first-order valence-electron chi connectivity index (χ1n) is 10.8. The van der Waals surface area contributed by atoms with Crippen LogP contribution >= 0.6 is 0 Å². The molecule has 1 saturated heterocycles. The molecule has 0 saturated carbocycles. The van der Waals surface area contributed by atoms with Gasteiger partial charge in [-0.15, -0.1) is 0 Å². The molecule has 2 aliphatic heterocycles. The van der Waals surface area contributed by atoms with Crippen molar-refractivity contribution in [2.24, 2.45) is 0 Å². The number of fused-ring (bicyclic) bond motifs is 1. The Balaban J connectivity index is 1.41. The summed E-state index contributed by atoms with van der Waals surface area (Å²) in [6.07, 6.45) is 6.76. The van der Waals surface area contributed by atoms with Gasteiger partial charge in [0.2, 0.25) is 5.91 Å². The van der Waals surface area contributed by atoms with Crippen molar-refractivity contribution in [2.75, 3.05) is 13.1 Å². The van der Waals surface area contributed by atoms with Crippen LogP contribution in [0.4, 0.5) is 0 Å². The molecule has 0 bridgehead atoms. The molecule has 0 aromatic carbocycles. The first-order chi connectivity index (χ1) is 13.9. The van der Waals surface area contributed by atoms with E-state index in [1.54, 1.807) is 0 Å². The summed E-state index contributed by atoms with van der Waals surface area (Å²) in [7, 11) is 0. The summed E-state index contributed by atoms with van der Waals surface area (Å²) < 4.78 is 1.99. The van der Waals surface area contributed by atoms with E-state index in [0.717, 1.165) is 54.4 Å². The minimum absolute atomic E-state index is 0.0484. The summed E-state index contributed by atoms with van der Waals surface area (Å²) in [5, 5.41) is 8.14. The summed E-state index contributed by atoms with van der Waals surface area (Å²) in [6.45, 7) is 10.6. The lowest BCUT2D eigenvalue weighted by Gasteiger charge is -2.30. The van der Waals surface area contributed by atoms with E-state index < -0.39 is 0 Å². The average molecular weight is 397 g/mol. The van der Waals surface area contributed by atoms with Crippen LogP contribution in [0, 0.1) is 20.8 Å². The van der Waals surface area contributed by atoms with Crippen molar-refractivity contribution in [1.29, 1.82) is 0 Å². The molecule has 156 valence electrons. The number of aromatic nitrogens is 4. The van der Waals surface area contributed by atoms with E-state index in [1.807, 2.05) is 22.7 Å².